The number of fused-ring (bicyclic) bond motifs is 2. The van der Waals surface area contributed by atoms with Crippen molar-refractivity contribution in [1.29, 1.82) is 0 Å². The van der Waals surface area contributed by atoms with Crippen molar-refractivity contribution in [3.63, 3.8) is 0 Å². The minimum atomic E-state index is -1.05. The third-order valence-corrected chi connectivity index (χ3v) is 6.42. The first kappa shape index (κ1) is 19.7. The molecule has 7 nitrogen and oxygen atoms in total. The second-order valence-corrected chi connectivity index (χ2v) is 8.23. The van der Waals surface area contributed by atoms with E-state index in [0.717, 1.165) is 12.8 Å². The van der Waals surface area contributed by atoms with Crippen LogP contribution in [-0.2, 0) is 0 Å². The van der Waals surface area contributed by atoms with Gasteiger partial charge in [-0.2, -0.15) is 0 Å². The van der Waals surface area contributed by atoms with Gasteiger partial charge >= 0.3 is 0 Å². The minimum Gasteiger partial charge on any atom is -0.507 e. The monoisotopic (exact) mass is 422 g/mol. The molecule has 4 heterocycles. The van der Waals surface area contributed by atoms with Gasteiger partial charge in [0.25, 0.3) is 0 Å². The summed E-state index contributed by atoms with van der Waals surface area (Å²) in [5, 5.41) is 18.8. The number of piperidine rings is 1. The van der Waals surface area contributed by atoms with Crippen molar-refractivity contribution in [3.8, 4) is 34.0 Å². The van der Waals surface area contributed by atoms with E-state index in [1.165, 1.54) is 6.07 Å². The SMILES string of the molecule is CN1C2CCC1[C@H](F)[C@@H](Oc1ccc(-c3ccc(-c4cc[nH]c(=O)c4)cc3O)nn1)C2. The Morgan fingerprint density at radius 3 is 2.71 bits per heavy atom. The second-order valence-electron chi connectivity index (χ2n) is 8.23. The van der Waals surface area contributed by atoms with Gasteiger partial charge in [-0.1, -0.05) is 6.07 Å². The molecule has 0 amide bonds. The van der Waals surface area contributed by atoms with Gasteiger partial charge in [0.15, 0.2) is 6.17 Å². The Morgan fingerprint density at radius 1 is 1.13 bits per heavy atom. The van der Waals surface area contributed by atoms with Gasteiger partial charge in [-0.05, 0) is 55.3 Å². The number of ether oxygens (including phenoxy) is 1. The number of nitrogens with one attached hydrogen (secondary N) is 1. The van der Waals surface area contributed by atoms with Crippen molar-refractivity contribution < 1.29 is 14.2 Å². The fourth-order valence-corrected chi connectivity index (χ4v) is 4.70. The first-order chi connectivity index (χ1) is 15.0. The van der Waals surface area contributed by atoms with Gasteiger partial charge in [0, 0.05) is 42.4 Å². The highest BCUT2D eigenvalue weighted by Gasteiger charge is 2.47. The predicted molar refractivity (Wildman–Crippen MR) is 114 cm³/mol. The molecule has 2 aromatic heterocycles. The van der Waals surface area contributed by atoms with Crippen LogP contribution in [0.5, 0.6) is 11.6 Å². The van der Waals surface area contributed by atoms with Crippen LogP contribution < -0.4 is 10.3 Å². The summed E-state index contributed by atoms with van der Waals surface area (Å²) in [6.45, 7) is 0. The molecule has 0 spiro atoms. The molecule has 2 bridgehead atoms. The zero-order valence-corrected chi connectivity index (χ0v) is 17.0. The number of halogens is 1. The summed E-state index contributed by atoms with van der Waals surface area (Å²) in [6.07, 6.45) is 2.49. The Hall–Kier alpha value is -3.26. The molecule has 2 N–H and O–H groups in total. The van der Waals surface area contributed by atoms with Crippen LogP contribution in [0.25, 0.3) is 22.4 Å². The number of aromatic amines is 1. The maximum atomic E-state index is 14.8. The Labute approximate surface area is 178 Å². The van der Waals surface area contributed by atoms with Gasteiger partial charge in [-0.3, -0.25) is 9.69 Å². The maximum absolute atomic E-state index is 14.8. The summed E-state index contributed by atoms with van der Waals surface area (Å²) >= 11 is 0. The van der Waals surface area contributed by atoms with Gasteiger partial charge < -0.3 is 14.8 Å². The molecule has 8 heteroatoms. The van der Waals surface area contributed by atoms with Crippen LogP contribution in [0.3, 0.4) is 0 Å². The smallest absolute Gasteiger partial charge is 0.248 e. The summed E-state index contributed by atoms with van der Waals surface area (Å²) in [5.74, 6) is 0.302. The molecule has 2 aliphatic heterocycles. The average molecular weight is 422 g/mol. The number of hydrogen-bond donors (Lipinski definition) is 2. The highest BCUT2D eigenvalue weighted by atomic mass is 19.1. The van der Waals surface area contributed by atoms with Crippen LogP contribution >= 0.6 is 0 Å². The van der Waals surface area contributed by atoms with E-state index in [1.54, 1.807) is 42.6 Å². The number of aromatic nitrogens is 3. The first-order valence-corrected chi connectivity index (χ1v) is 10.4. The highest BCUT2D eigenvalue weighted by molar-refractivity contribution is 5.74. The molecule has 160 valence electrons. The number of hydrogen-bond acceptors (Lipinski definition) is 6. The van der Waals surface area contributed by atoms with Crippen LogP contribution in [0.1, 0.15) is 19.3 Å². The Kier molecular flexibility index (Phi) is 4.94. The topological polar surface area (TPSA) is 91.3 Å². The Bertz CT molecular complexity index is 1150. The molecule has 5 rings (SSSR count). The van der Waals surface area contributed by atoms with E-state index in [9.17, 15) is 14.3 Å². The molecule has 31 heavy (non-hydrogen) atoms. The number of phenols is 1. The number of H-pyrrole nitrogens is 1. The number of rotatable bonds is 4. The molecular weight excluding hydrogens is 399 g/mol. The number of alkyl halides is 1. The zero-order chi connectivity index (χ0) is 21.5. The molecule has 0 saturated carbocycles. The van der Waals surface area contributed by atoms with Gasteiger partial charge in [0.1, 0.15) is 11.9 Å². The second kappa shape index (κ2) is 7.77. The van der Waals surface area contributed by atoms with Gasteiger partial charge in [0.05, 0.1) is 5.69 Å². The molecule has 2 unspecified atom stereocenters. The van der Waals surface area contributed by atoms with E-state index in [2.05, 4.69) is 20.1 Å². The quantitative estimate of drug-likeness (QED) is 0.671. The largest absolute Gasteiger partial charge is 0.507 e. The van der Waals surface area contributed by atoms with Gasteiger partial charge in [-0.15, -0.1) is 10.2 Å². The van der Waals surface area contributed by atoms with E-state index in [0.29, 0.717) is 34.8 Å². The summed E-state index contributed by atoms with van der Waals surface area (Å²) in [7, 11) is 1.98. The number of pyridine rings is 1. The van der Waals surface area contributed by atoms with Crippen LogP contribution in [0, 0.1) is 0 Å². The van der Waals surface area contributed by atoms with Crippen LogP contribution in [0.15, 0.2) is 53.5 Å². The lowest BCUT2D eigenvalue weighted by atomic mass is 9.98. The standard InChI is InChI=1S/C23H23FN4O3/c1-28-15-3-6-18(28)23(24)20(12-15)31-22-7-5-17(26-27-22)16-4-2-13(10-19(16)29)14-8-9-25-21(30)11-14/h2,4-5,7-11,15,18,20,23,29H,3,6,12H2,1H3,(H,25,30)/t15?,18?,20-,23-/m0/s1. The summed E-state index contributed by atoms with van der Waals surface area (Å²) in [4.78, 5) is 16.2. The van der Waals surface area contributed by atoms with E-state index < -0.39 is 12.3 Å². The van der Waals surface area contributed by atoms with E-state index in [1.807, 2.05) is 7.05 Å². The zero-order valence-electron chi connectivity index (χ0n) is 17.0. The third kappa shape index (κ3) is 3.67. The maximum Gasteiger partial charge on any atom is 0.248 e. The number of phenolic OH excluding ortho intramolecular Hbond substituents is 1. The molecule has 2 fully saturated rings. The van der Waals surface area contributed by atoms with E-state index in [-0.39, 0.29) is 23.2 Å². The third-order valence-electron chi connectivity index (χ3n) is 6.42. The van der Waals surface area contributed by atoms with Crippen molar-refractivity contribution in [3.05, 3.63) is 59.0 Å². The van der Waals surface area contributed by atoms with Crippen molar-refractivity contribution in [1.82, 2.24) is 20.1 Å². The molecule has 2 aliphatic rings. The fraction of sp³-hybridized carbons (Fsp3) is 0.348. The Morgan fingerprint density at radius 2 is 1.97 bits per heavy atom. The van der Waals surface area contributed by atoms with Crippen molar-refractivity contribution >= 4 is 0 Å². The van der Waals surface area contributed by atoms with Gasteiger partial charge in [-0.25, -0.2) is 4.39 Å². The molecule has 0 radical (unpaired) electrons. The fourth-order valence-electron chi connectivity index (χ4n) is 4.70. The van der Waals surface area contributed by atoms with Crippen molar-refractivity contribution in [2.24, 2.45) is 0 Å². The van der Waals surface area contributed by atoms with Crippen LogP contribution in [0.2, 0.25) is 0 Å². The highest BCUT2D eigenvalue weighted by Crippen LogP contribution is 2.38. The number of benzene rings is 1. The van der Waals surface area contributed by atoms with E-state index in [4.69, 9.17) is 4.74 Å². The van der Waals surface area contributed by atoms with Gasteiger partial charge in [0.2, 0.25) is 11.4 Å². The Balaban J connectivity index is 1.33. The van der Waals surface area contributed by atoms with Crippen molar-refractivity contribution in [2.45, 2.75) is 43.6 Å². The molecule has 0 aliphatic carbocycles. The number of aromatic hydroxyl groups is 1. The minimum absolute atomic E-state index is 0.0245. The normalized spacial score (nSPS) is 25.5. The first-order valence-electron chi connectivity index (χ1n) is 10.4. The molecule has 4 atom stereocenters. The molecule has 2 saturated heterocycles. The van der Waals surface area contributed by atoms with E-state index >= 15 is 0 Å². The van der Waals surface area contributed by atoms with Crippen molar-refractivity contribution in [2.75, 3.05) is 7.05 Å². The number of nitrogens with zero attached hydrogens (tertiary/aromatic N) is 3. The lowest BCUT2D eigenvalue weighted by Crippen LogP contribution is -2.52. The lowest BCUT2D eigenvalue weighted by molar-refractivity contribution is -0.0134. The average Bonchev–Trinajstić information content (AvgIpc) is 3.04. The predicted octanol–water partition coefficient (Wildman–Crippen LogP) is 3.16. The molecule has 3 aromatic rings. The lowest BCUT2D eigenvalue weighted by Gasteiger charge is -2.38. The molecular formula is C23H23FN4O3. The van der Waals surface area contributed by atoms with Crippen LogP contribution in [-0.4, -0.2) is 56.6 Å². The summed E-state index contributed by atoms with van der Waals surface area (Å²) < 4.78 is 20.6. The van der Waals surface area contributed by atoms with Crippen LogP contribution in [0.4, 0.5) is 4.39 Å². The summed E-state index contributed by atoms with van der Waals surface area (Å²) in [6, 6.07) is 11.9. The molecule has 1 aromatic carbocycles. The summed E-state index contributed by atoms with van der Waals surface area (Å²) in [5.41, 5.74) is 2.19.